The Morgan fingerprint density at radius 3 is 2.84 bits per heavy atom. The van der Waals surface area contributed by atoms with Gasteiger partial charge in [-0.2, -0.15) is 0 Å². The zero-order chi connectivity index (χ0) is 13.8. The fourth-order valence-corrected chi connectivity index (χ4v) is 2.10. The van der Waals surface area contributed by atoms with Gasteiger partial charge in [-0.25, -0.2) is 4.39 Å². The van der Waals surface area contributed by atoms with Crippen molar-refractivity contribution >= 4 is 15.9 Å². The van der Waals surface area contributed by atoms with Gasteiger partial charge in [0.05, 0.1) is 11.1 Å². The number of halogens is 2. The number of ether oxygens (including phenoxy) is 1. The first-order chi connectivity index (χ1) is 9.17. The smallest absolute Gasteiger partial charge is 0.164 e. The molecule has 2 aromatic rings. The highest BCUT2D eigenvalue weighted by molar-refractivity contribution is 9.10. The molecule has 1 heterocycles. The average molecular weight is 330 g/mol. The number of aromatic nitrogens is 3. The third-order valence-electron chi connectivity index (χ3n) is 2.67. The summed E-state index contributed by atoms with van der Waals surface area (Å²) < 4.78 is 20.4. The van der Waals surface area contributed by atoms with E-state index in [1.54, 1.807) is 23.8 Å². The minimum atomic E-state index is -0.339. The molecular weight excluding hydrogens is 317 g/mol. The highest BCUT2D eigenvalue weighted by atomic mass is 79.9. The van der Waals surface area contributed by atoms with E-state index in [0.717, 1.165) is 5.56 Å². The van der Waals surface area contributed by atoms with Crippen LogP contribution in [0.1, 0.15) is 5.82 Å². The molecule has 102 valence electrons. The van der Waals surface area contributed by atoms with Crippen LogP contribution in [0.3, 0.4) is 0 Å². The fourth-order valence-electron chi connectivity index (χ4n) is 1.72. The van der Waals surface area contributed by atoms with Crippen molar-refractivity contribution < 1.29 is 14.2 Å². The lowest BCUT2D eigenvalue weighted by atomic mass is 10.2. The highest BCUT2D eigenvalue weighted by Crippen LogP contribution is 2.24. The first kappa shape index (κ1) is 14.1. The lowest BCUT2D eigenvalue weighted by molar-refractivity contribution is 0.183. The third kappa shape index (κ3) is 2.99. The van der Waals surface area contributed by atoms with Gasteiger partial charge in [0.15, 0.2) is 11.6 Å². The molecule has 7 heteroatoms. The summed E-state index contributed by atoms with van der Waals surface area (Å²) in [5.41, 5.74) is 0.719. The topological polar surface area (TPSA) is 60.2 Å². The first-order valence-corrected chi connectivity index (χ1v) is 6.44. The molecule has 2 rings (SSSR count). The van der Waals surface area contributed by atoms with Crippen LogP contribution in [-0.2, 0) is 17.9 Å². The summed E-state index contributed by atoms with van der Waals surface area (Å²) in [5, 5.41) is 17.2. The Morgan fingerprint density at radius 2 is 2.21 bits per heavy atom. The molecule has 0 aliphatic heterocycles. The molecule has 1 aromatic heterocycles. The molecule has 0 radical (unpaired) electrons. The molecule has 1 N–H and O–H groups in total. The second-order valence-electron chi connectivity index (χ2n) is 3.87. The number of hydrogen-bond donors (Lipinski definition) is 1. The number of rotatable bonds is 5. The van der Waals surface area contributed by atoms with Crippen LogP contribution in [0.15, 0.2) is 22.7 Å². The maximum Gasteiger partial charge on any atom is 0.164 e. The Kier molecular flexibility index (Phi) is 4.62. The minimum absolute atomic E-state index is 0.209. The van der Waals surface area contributed by atoms with Gasteiger partial charge in [0.25, 0.3) is 0 Å². The van der Waals surface area contributed by atoms with Gasteiger partial charge in [-0.05, 0) is 34.1 Å². The normalized spacial score (nSPS) is 10.9. The molecule has 0 spiro atoms. The van der Waals surface area contributed by atoms with E-state index in [4.69, 9.17) is 4.74 Å². The maximum absolute atomic E-state index is 13.2. The molecule has 0 unspecified atom stereocenters. The van der Waals surface area contributed by atoms with E-state index in [2.05, 4.69) is 26.1 Å². The lowest BCUT2D eigenvalue weighted by Gasteiger charge is -2.09. The average Bonchev–Trinajstić information content (AvgIpc) is 2.82. The third-order valence-corrected chi connectivity index (χ3v) is 3.27. The standard InChI is InChI=1S/C12H13BrFN3O2/c1-19-5-4-17-11(7-18)15-16-12(17)8-2-3-10(14)9(13)6-8/h2-3,6,18H,4-5,7H2,1H3. The molecule has 0 bridgehead atoms. The summed E-state index contributed by atoms with van der Waals surface area (Å²) in [6.07, 6.45) is 0. The molecule has 0 saturated carbocycles. The van der Waals surface area contributed by atoms with Crippen molar-refractivity contribution in [1.29, 1.82) is 0 Å². The Morgan fingerprint density at radius 1 is 1.42 bits per heavy atom. The van der Waals surface area contributed by atoms with Crippen molar-refractivity contribution in [2.75, 3.05) is 13.7 Å². The van der Waals surface area contributed by atoms with Crippen LogP contribution in [0, 0.1) is 5.82 Å². The molecule has 0 amide bonds. The quantitative estimate of drug-likeness (QED) is 0.911. The van der Waals surface area contributed by atoms with Crippen molar-refractivity contribution in [3.05, 3.63) is 34.3 Å². The van der Waals surface area contributed by atoms with Gasteiger partial charge in [-0.1, -0.05) is 0 Å². The molecule has 5 nitrogen and oxygen atoms in total. The molecule has 19 heavy (non-hydrogen) atoms. The SMILES string of the molecule is COCCn1c(CO)nnc1-c1ccc(F)c(Br)c1. The van der Waals surface area contributed by atoms with Crippen molar-refractivity contribution in [1.82, 2.24) is 14.8 Å². The van der Waals surface area contributed by atoms with Gasteiger partial charge in [0.1, 0.15) is 12.4 Å². The van der Waals surface area contributed by atoms with E-state index in [0.29, 0.717) is 29.3 Å². The van der Waals surface area contributed by atoms with Crippen molar-refractivity contribution in [2.24, 2.45) is 0 Å². The second-order valence-corrected chi connectivity index (χ2v) is 4.73. The Hall–Kier alpha value is -1.31. The van der Waals surface area contributed by atoms with Crippen LogP contribution in [-0.4, -0.2) is 33.6 Å². The van der Waals surface area contributed by atoms with Crippen molar-refractivity contribution in [3.8, 4) is 11.4 Å². The van der Waals surface area contributed by atoms with E-state index in [9.17, 15) is 9.50 Å². The van der Waals surface area contributed by atoms with Crippen LogP contribution < -0.4 is 0 Å². The molecule has 0 fully saturated rings. The summed E-state index contributed by atoms with van der Waals surface area (Å²) in [6, 6.07) is 4.60. The van der Waals surface area contributed by atoms with Crippen LogP contribution >= 0.6 is 15.9 Å². The number of methoxy groups -OCH3 is 1. The molecule has 0 saturated heterocycles. The van der Waals surface area contributed by atoms with Gasteiger partial charge < -0.3 is 14.4 Å². The first-order valence-electron chi connectivity index (χ1n) is 5.64. The maximum atomic E-state index is 13.2. The molecule has 0 aliphatic carbocycles. The molecule has 0 atom stereocenters. The van der Waals surface area contributed by atoms with Crippen LogP contribution in [0.25, 0.3) is 11.4 Å². The summed E-state index contributed by atoms with van der Waals surface area (Å²) in [7, 11) is 1.59. The Bertz CT molecular complexity index is 574. The lowest BCUT2D eigenvalue weighted by Crippen LogP contribution is -2.10. The van der Waals surface area contributed by atoms with Gasteiger partial charge in [0.2, 0.25) is 0 Å². The summed E-state index contributed by atoms with van der Waals surface area (Å²) >= 11 is 3.14. The largest absolute Gasteiger partial charge is 0.388 e. The van der Waals surface area contributed by atoms with E-state index < -0.39 is 0 Å². The Balaban J connectivity index is 2.42. The zero-order valence-electron chi connectivity index (χ0n) is 10.3. The number of nitrogens with zero attached hydrogens (tertiary/aromatic N) is 3. The summed E-state index contributed by atoms with van der Waals surface area (Å²) in [4.78, 5) is 0. The highest BCUT2D eigenvalue weighted by Gasteiger charge is 2.14. The van der Waals surface area contributed by atoms with E-state index in [1.807, 2.05) is 0 Å². The van der Waals surface area contributed by atoms with E-state index in [1.165, 1.54) is 6.07 Å². The van der Waals surface area contributed by atoms with Crippen LogP contribution in [0.5, 0.6) is 0 Å². The van der Waals surface area contributed by atoms with Crippen LogP contribution in [0.2, 0.25) is 0 Å². The van der Waals surface area contributed by atoms with Crippen molar-refractivity contribution in [3.63, 3.8) is 0 Å². The minimum Gasteiger partial charge on any atom is -0.388 e. The van der Waals surface area contributed by atoms with E-state index in [-0.39, 0.29) is 12.4 Å². The predicted molar refractivity (Wildman–Crippen MR) is 70.9 cm³/mol. The fraction of sp³-hybridized carbons (Fsp3) is 0.333. The van der Waals surface area contributed by atoms with Gasteiger partial charge >= 0.3 is 0 Å². The van der Waals surface area contributed by atoms with Gasteiger partial charge in [-0.15, -0.1) is 10.2 Å². The zero-order valence-corrected chi connectivity index (χ0v) is 11.9. The number of aliphatic hydroxyl groups is 1. The van der Waals surface area contributed by atoms with E-state index >= 15 is 0 Å². The number of aliphatic hydroxyl groups excluding tert-OH is 1. The molecular formula is C12H13BrFN3O2. The summed E-state index contributed by atoms with van der Waals surface area (Å²) in [5.74, 6) is 0.684. The van der Waals surface area contributed by atoms with Gasteiger partial charge in [0, 0.05) is 19.2 Å². The number of benzene rings is 1. The summed E-state index contributed by atoms with van der Waals surface area (Å²) in [6.45, 7) is 0.781. The predicted octanol–water partition coefficient (Wildman–Crippen LogP) is 1.99. The molecule has 0 aliphatic rings. The van der Waals surface area contributed by atoms with Crippen LogP contribution in [0.4, 0.5) is 4.39 Å². The number of hydrogen-bond acceptors (Lipinski definition) is 4. The second kappa shape index (κ2) is 6.23. The Labute approximate surface area is 118 Å². The van der Waals surface area contributed by atoms with Crippen molar-refractivity contribution in [2.45, 2.75) is 13.2 Å². The molecule has 1 aromatic carbocycles. The monoisotopic (exact) mass is 329 g/mol. The van der Waals surface area contributed by atoms with Gasteiger partial charge in [-0.3, -0.25) is 0 Å².